The van der Waals surface area contributed by atoms with Crippen molar-refractivity contribution in [2.45, 2.75) is 43.2 Å². The van der Waals surface area contributed by atoms with Gasteiger partial charge in [0.1, 0.15) is 59.1 Å². The molecule has 0 aliphatic carbocycles. The lowest BCUT2D eigenvalue weighted by atomic mass is 9.95. The molecule has 0 unspecified atom stereocenters. The number of rotatable bonds is 4. The van der Waals surface area contributed by atoms with Crippen LogP contribution in [0.15, 0.2) is 36.4 Å². The number of ether oxygens (including phenoxy) is 3. The largest absolute Gasteiger partial charge is 0.508 e. The van der Waals surface area contributed by atoms with Crippen LogP contribution in [0.1, 0.15) is 28.4 Å². The Morgan fingerprint density at radius 2 is 1.71 bits per heavy atom. The first kappa shape index (κ1) is 21.3. The Hall–Kier alpha value is -2.89. The van der Waals surface area contributed by atoms with Crippen LogP contribution >= 0.6 is 0 Å². The summed E-state index contributed by atoms with van der Waals surface area (Å²) in [6.07, 6.45) is -7.63. The molecule has 0 saturated carbocycles. The van der Waals surface area contributed by atoms with Crippen molar-refractivity contribution in [3.05, 3.63) is 47.5 Å². The number of phenols is 2. The van der Waals surface area contributed by atoms with Crippen molar-refractivity contribution in [3.8, 4) is 23.0 Å². The van der Waals surface area contributed by atoms with Gasteiger partial charge in [0, 0.05) is 12.1 Å². The van der Waals surface area contributed by atoms with Gasteiger partial charge in [0.25, 0.3) is 0 Å². The van der Waals surface area contributed by atoms with E-state index < -0.39 is 43.4 Å². The van der Waals surface area contributed by atoms with E-state index >= 15 is 0 Å². The van der Waals surface area contributed by atoms with Crippen LogP contribution in [0.3, 0.4) is 0 Å². The predicted octanol–water partition coefficient (Wildman–Crippen LogP) is -0.0170. The monoisotopic (exact) mass is 434 g/mol. The molecule has 0 radical (unpaired) electrons. The number of Topliss-reactive ketones (excluding diaryl/α,β-unsaturated/α-hetero) is 1. The van der Waals surface area contributed by atoms with Crippen molar-refractivity contribution in [1.29, 1.82) is 0 Å². The molecule has 0 amide bonds. The lowest BCUT2D eigenvalue weighted by Crippen LogP contribution is -2.60. The summed E-state index contributed by atoms with van der Waals surface area (Å²) >= 11 is 0. The number of ketones is 1. The van der Waals surface area contributed by atoms with Crippen LogP contribution in [0, 0.1) is 0 Å². The zero-order valence-corrected chi connectivity index (χ0v) is 16.2. The Bertz CT molecular complexity index is 957. The molecule has 2 heterocycles. The first-order chi connectivity index (χ1) is 14.8. The summed E-state index contributed by atoms with van der Waals surface area (Å²) in [7, 11) is 0. The Labute approximate surface area is 176 Å². The smallest absolute Gasteiger partial charge is 0.229 e. The standard InChI is InChI=1S/C21H22O10/c22-8-16-18(26)19(27)20(28)21(31-16)29-11-3-1-9(2-4-11)14-7-13(25)17-12(24)5-10(23)6-15(17)30-14/h1-6,14,16,18-24,26-28H,7-8H2/t14-,16+,18+,19-,20+,21+/m1/s1. The Morgan fingerprint density at radius 1 is 1.00 bits per heavy atom. The van der Waals surface area contributed by atoms with E-state index in [1.54, 1.807) is 24.3 Å². The van der Waals surface area contributed by atoms with Gasteiger partial charge in [-0.3, -0.25) is 4.79 Å². The number of aromatic hydroxyl groups is 2. The lowest BCUT2D eigenvalue weighted by Gasteiger charge is -2.39. The summed E-state index contributed by atoms with van der Waals surface area (Å²) < 4.78 is 16.6. The van der Waals surface area contributed by atoms with E-state index in [2.05, 4.69) is 0 Å². The third kappa shape index (κ3) is 4.03. The molecule has 2 aliphatic rings. The van der Waals surface area contributed by atoms with Crippen molar-refractivity contribution in [2.75, 3.05) is 6.61 Å². The molecule has 0 bridgehead atoms. The summed E-state index contributed by atoms with van der Waals surface area (Å²) in [5, 5.41) is 58.5. The van der Waals surface area contributed by atoms with Crippen LogP contribution in [0.5, 0.6) is 23.0 Å². The molecule has 2 aliphatic heterocycles. The van der Waals surface area contributed by atoms with Crippen molar-refractivity contribution >= 4 is 5.78 Å². The molecule has 4 rings (SSSR count). The van der Waals surface area contributed by atoms with E-state index in [1.807, 2.05) is 0 Å². The van der Waals surface area contributed by atoms with Gasteiger partial charge in [0.15, 0.2) is 5.78 Å². The Balaban J connectivity index is 1.48. The number of benzene rings is 2. The molecule has 31 heavy (non-hydrogen) atoms. The second kappa shape index (κ2) is 8.33. The van der Waals surface area contributed by atoms with Gasteiger partial charge in [0.05, 0.1) is 13.0 Å². The van der Waals surface area contributed by atoms with Crippen molar-refractivity contribution in [1.82, 2.24) is 0 Å². The van der Waals surface area contributed by atoms with Gasteiger partial charge in [-0.15, -0.1) is 0 Å². The summed E-state index contributed by atoms with van der Waals surface area (Å²) in [5.74, 6) is -0.550. The van der Waals surface area contributed by atoms with Gasteiger partial charge < -0.3 is 44.8 Å². The maximum absolute atomic E-state index is 12.4. The molecule has 10 nitrogen and oxygen atoms in total. The van der Waals surface area contributed by atoms with Crippen LogP contribution in [0.25, 0.3) is 0 Å². The fraction of sp³-hybridized carbons (Fsp3) is 0.381. The van der Waals surface area contributed by atoms with Gasteiger partial charge in [-0.1, -0.05) is 12.1 Å². The highest BCUT2D eigenvalue weighted by Gasteiger charge is 2.44. The zero-order valence-electron chi connectivity index (χ0n) is 16.2. The van der Waals surface area contributed by atoms with E-state index in [4.69, 9.17) is 14.2 Å². The second-order valence-electron chi connectivity index (χ2n) is 7.46. The average Bonchev–Trinajstić information content (AvgIpc) is 2.73. The highest BCUT2D eigenvalue weighted by molar-refractivity contribution is 6.02. The fourth-order valence-electron chi connectivity index (χ4n) is 3.67. The van der Waals surface area contributed by atoms with Crippen molar-refractivity contribution < 1.29 is 49.6 Å². The van der Waals surface area contributed by atoms with E-state index in [9.17, 15) is 35.4 Å². The quantitative estimate of drug-likeness (QED) is 0.385. The van der Waals surface area contributed by atoms with Gasteiger partial charge >= 0.3 is 0 Å². The number of aliphatic hydroxyl groups excluding tert-OH is 4. The molecule has 0 spiro atoms. The van der Waals surface area contributed by atoms with Crippen LogP contribution in [0.4, 0.5) is 0 Å². The molecule has 166 valence electrons. The Morgan fingerprint density at radius 3 is 2.39 bits per heavy atom. The maximum Gasteiger partial charge on any atom is 0.229 e. The van der Waals surface area contributed by atoms with Gasteiger partial charge in [-0.25, -0.2) is 0 Å². The number of hydrogen-bond acceptors (Lipinski definition) is 10. The molecule has 6 atom stereocenters. The van der Waals surface area contributed by atoms with Crippen LogP contribution in [-0.4, -0.2) is 73.7 Å². The number of phenolic OH excluding ortho intramolecular Hbond substituents is 2. The minimum absolute atomic E-state index is 0.0156. The third-order valence-corrected chi connectivity index (χ3v) is 5.34. The van der Waals surface area contributed by atoms with Gasteiger partial charge in [0.2, 0.25) is 6.29 Å². The molecular formula is C21H22O10. The minimum atomic E-state index is -1.55. The van der Waals surface area contributed by atoms with Crippen molar-refractivity contribution in [2.24, 2.45) is 0 Å². The van der Waals surface area contributed by atoms with Gasteiger partial charge in [-0.05, 0) is 17.7 Å². The number of fused-ring (bicyclic) bond motifs is 1. The highest BCUT2D eigenvalue weighted by atomic mass is 16.7. The first-order valence-corrected chi connectivity index (χ1v) is 9.61. The fourth-order valence-corrected chi connectivity index (χ4v) is 3.67. The molecular weight excluding hydrogens is 412 g/mol. The second-order valence-corrected chi connectivity index (χ2v) is 7.46. The van der Waals surface area contributed by atoms with Crippen LogP contribution in [0.2, 0.25) is 0 Å². The molecule has 2 aromatic carbocycles. The summed E-state index contributed by atoms with van der Waals surface area (Å²) in [6.45, 7) is -0.566. The molecule has 1 saturated heterocycles. The average molecular weight is 434 g/mol. The molecule has 1 fully saturated rings. The predicted molar refractivity (Wildman–Crippen MR) is 103 cm³/mol. The van der Waals surface area contributed by atoms with Gasteiger partial charge in [-0.2, -0.15) is 0 Å². The van der Waals surface area contributed by atoms with E-state index in [0.29, 0.717) is 5.56 Å². The zero-order chi connectivity index (χ0) is 22.3. The summed E-state index contributed by atoms with van der Waals surface area (Å²) in [5.41, 5.74) is 0.652. The van der Waals surface area contributed by atoms with E-state index in [0.717, 1.165) is 6.07 Å². The summed E-state index contributed by atoms with van der Waals surface area (Å²) in [4.78, 5) is 12.4. The van der Waals surface area contributed by atoms with E-state index in [-0.39, 0.29) is 40.8 Å². The Kier molecular flexibility index (Phi) is 5.73. The van der Waals surface area contributed by atoms with E-state index in [1.165, 1.54) is 6.07 Å². The van der Waals surface area contributed by atoms with Crippen LogP contribution < -0.4 is 9.47 Å². The molecule has 10 heteroatoms. The molecule has 6 N–H and O–H groups in total. The third-order valence-electron chi connectivity index (χ3n) is 5.34. The minimum Gasteiger partial charge on any atom is -0.508 e. The molecule has 0 aromatic heterocycles. The first-order valence-electron chi connectivity index (χ1n) is 9.61. The number of aliphatic hydroxyl groups is 4. The topological polar surface area (TPSA) is 166 Å². The normalized spacial score (nSPS) is 30.4. The summed E-state index contributed by atoms with van der Waals surface area (Å²) in [6, 6.07) is 8.68. The SMILES string of the molecule is O=C1C[C@H](c2ccc(O[C@H]3O[C@@H](CO)[C@H](O)[C@@H](O)[C@@H]3O)cc2)Oc2cc(O)cc(O)c21. The number of carbonyl (C=O) groups excluding carboxylic acids is 1. The van der Waals surface area contributed by atoms with Crippen LogP contribution in [-0.2, 0) is 4.74 Å². The molecule has 2 aromatic rings. The number of hydrogen-bond donors (Lipinski definition) is 6. The number of carbonyl (C=O) groups is 1. The van der Waals surface area contributed by atoms with Crippen molar-refractivity contribution in [3.63, 3.8) is 0 Å². The highest BCUT2D eigenvalue weighted by Crippen LogP contribution is 2.41. The lowest BCUT2D eigenvalue weighted by molar-refractivity contribution is -0.277. The maximum atomic E-state index is 12.4.